The molecule has 4 rings (SSSR count). The van der Waals surface area contributed by atoms with Gasteiger partial charge < -0.3 is 14.2 Å². The third-order valence-corrected chi connectivity index (χ3v) is 7.34. The number of hydrogen-bond acceptors (Lipinski definition) is 8. The normalized spacial score (nSPS) is 15.2. The van der Waals surface area contributed by atoms with Gasteiger partial charge in [0.25, 0.3) is 5.56 Å². The first-order valence-corrected chi connectivity index (χ1v) is 13.1. The summed E-state index contributed by atoms with van der Waals surface area (Å²) < 4.78 is 18.0. The number of carbonyl (C=O) groups is 2. The van der Waals surface area contributed by atoms with E-state index >= 15 is 0 Å². The predicted molar refractivity (Wildman–Crippen MR) is 143 cm³/mol. The Morgan fingerprint density at radius 3 is 2.54 bits per heavy atom. The van der Waals surface area contributed by atoms with Gasteiger partial charge in [0.15, 0.2) is 11.4 Å². The maximum atomic E-state index is 13.7. The molecule has 192 valence electrons. The summed E-state index contributed by atoms with van der Waals surface area (Å²) in [6.45, 7) is 5.48. The van der Waals surface area contributed by atoms with Crippen LogP contribution in [0.15, 0.2) is 68.0 Å². The monoisotopic (exact) mass is 584 g/mol. The number of halogens is 1. The van der Waals surface area contributed by atoms with Crippen LogP contribution in [-0.4, -0.2) is 36.8 Å². The van der Waals surface area contributed by atoms with E-state index in [4.69, 9.17) is 9.47 Å². The van der Waals surface area contributed by atoms with E-state index in [9.17, 15) is 14.4 Å². The SMILES string of the molecule is CCOC(=O)C1=C(C)N=c2s/c(=C/c3ccc(OCC(=O)OC)c(Br)c3)c(=O)n2[C@H]1c1ccc(C)cc1. The van der Waals surface area contributed by atoms with E-state index in [1.54, 1.807) is 42.7 Å². The molecule has 0 unspecified atom stereocenters. The molecule has 0 radical (unpaired) electrons. The fraction of sp³-hybridized carbons (Fsp3) is 0.259. The lowest BCUT2D eigenvalue weighted by atomic mass is 9.95. The van der Waals surface area contributed by atoms with Crippen molar-refractivity contribution in [2.75, 3.05) is 20.3 Å². The van der Waals surface area contributed by atoms with Gasteiger partial charge in [0.1, 0.15) is 5.75 Å². The van der Waals surface area contributed by atoms with Crippen LogP contribution in [0.5, 0.6) is 5.75 Å². The van der Waals surface area contributed by atoms with Gasteiger partial charge in [-0.15, -0.1) is 0 Å². The second-order valence-corrected chi connectivity index (χ2v) is 10.1. The Morgan fingerprint density at radius 1 is 1.16 bits per heavy atom. The first-order chi connectivity index (χ1) is 17.7. The second-order valence-electron chi connectivity index (χ2n) is 8.27. The molecule has 1 aliphatic rings. The van der Waals surface area contributed by atoms with Gasteiger partial charge in [0, 0.05) is 0 Å². The third kappa shape index (κ3) is 5.60. The molecule has 0 amide bonds. The maximum absolute atomic E-state index is 13.7. The van der Waals surface area contributed by atoms with E-state index in [0.29, 0.717) is 30.8 Å². The van der Waals surface area contributed by atoms with Gasteiger partial charge in [0.05, 0.1) is 40.0 Å². The largest absolute Gasteiger partial charge is 0.481 e. The van der Waals surface area contributed by atoms with Crippen molar-refractivity contribution in [3.8, 4) is 5.75 Å². The Morgan fingerprint density at radius 2 is 1.89 bits per heavy atom. The van der Waals surface area contributed by atoms with Crippen LogP contribution in [0.1, 0.15) is 36.6 Å². The minimum atomic E-state index is -0.654. The average molecular weight is 585 g/mol. The zero-order valence-electron chi connectivity index (χ0n) is 20.7. The number of hydrogen-bond donors (Lipinski definition) is 0. The van der Waals surface area contributed by atoms with Gasteiger partial charge >= 0.3 is 11.9 Å². The standard InChI is InChI=1S/C27H25BrN2O6S/c1-5-35-26(33)23-16(3)29-27-30(24(23)18-9-6-15(2)7-10-18)25(32)21(37-27)13-17-8-11-20(19(28)12-17)36-14-22(31)34-4/h6-13,24H,5,14H2,1-4H3/b21-13+/t24-/m0/s1. The van der Waals surface area contributed by atoms with Gasteiger partial charge in [-0.2, -0.15) is 0 Å². The van der Waals surface area contributed by atoms with Crippen molar-refractivity contribution in [3.63, 3.8) is 0 Å². The molecule has 1 atom stereocenters. The summed E-state index contributed by atoms with van der Waals surface area (Å²) in [6.07, 6.45) is 1.76. The number of ether oxygens (including phenoxy) is 3. The van der Waals surface area contributed by atoms with E-state index in [-0.39, 0.29) is 18.8 Å². The number of thiazole rings is 1. The Bertz CT molecular complexity index is 1570. The Labute approximate surface area is 225 Å². The lowest BCUT2D eigenvalue weighted by Gasteiger charge is -2.24. The Hall–Kier alpha value is -3.50. The topological polar surface area (TPSA) is 96.2 Å². The molecule has 8 nitrogen and oxygen atoms in total. The molecule has 0 bridgehead atoms. The maximum Gasteiger partial charge on any atom is 0.343 e. The van der Waals surface area contributed by atoms with Crippen molar-refractivity contribution in [2.45, 2.75) is 26.8 Å². The van der Waals surface area contributed by atoms with Gasteiger partial charge in [-0.05, 0) is 66.0 Å². The number of fused-ring (bicyclic) bond motifs is 1. The van der Waals surface area contributed by atoms with E-state index in [0.717, 1.165) is 16.7 Å². The number of benzene rings is 2. The first-order valence-electron chi connectivity index (χ1n) is 11.5. The van der Waals surface area contributed by atoms with E-state index in [1.807, 2.05) is 31.2 Å². The van der Waals surface area contributed by atoms with E-state index in [2.05, 4.69) is 25.7 Å². The lowest BCUT2D eigenvalue weighted by molar-refractivity contribution is -0.143. The summed E-state index contributed by atoms with van der Waals surface area (Å²) in [6, 6.07) is 12.3. The van der Waals surface area contributed by atoms with Crippen molar-refractivity contribution in [3.05, 3.63) is 94.6 Å². The molecule has 0 saturated heterocycles. The average Bonchev–Trinajstić information content (AvgIpc) is 3.17. The van der Waals surface area contributed by atoms with Crippen LogP contribution in [0.25, 0.3) is 6.08 Å². The molecule has 1 aliphatic heterocycles. The van der Waals surface area contributed by atoms with Crippen LogP contribution in [0.2, 0.25) is 0 Å². The van der Waals surface area contributed by atoms with Crippen molar-refractivity contribution in [1.29, 1.82) is 0 Å². The van der Waals surface area contributed by atoms with Crippen molar-refractivity contribution in [2.24, 2.45) is 4.99 Å². The number of nitrogens with zero attached hydrogens (tertiary/aromatic N) is 2. The second kappa shape index (κ2) is 11.3. The number of esters is 2. The van der Waals surface area contributed by atoms with Crippen LogP contribution in [0, 0.1) is 6.92 Å². The van der Waals surface area contributed by atoms with Gasteiger partial charge in [0.2, 0.25) is 0 Å². The molecule has 0 spiro atoms. The molecule has 2 heterocycles. The van der Waals surface area contributed by atoms with E-state index < -0.39 is 18.0 Å². The van der Waals surface area contributed by atoms with Crippen LogP contribution in [0.4, 0.5) is 0 Å². The highest BCUT2D eigenvalue weighted by Crippen LogP contribution is 2.31. The molecule has 0 fully saturated rings. The van der Waals surface area contributed by atoms with Gasteiger partial charge in [-0.3, -0.25) is 9.36 Å². The zero-order valence-corrected chi connectivity index (χ0v) is 23.1. The molecule has 37 heavy (non-hydrogen) atoms. The minimum absolute atomic E-state index is 0.214. The summed E-state index contributed by atoms with van der Waals surface area (Å²) in [4.78, 5) is 43.1. The summed E-state index contributed by atoms with van der Waals surface area (Å²) in [5.74, 6) is -0.508. The van der Waals surface area contributed by atoms with Crippen LogP contribution < -0.4 is 19.6 Å². The fourth-order valence-electron chi connectivity index (χ4n) is 3.93. The van der Waals surface area contributed by atoms with Crippen molar-refractivity contribution in [1.82, 2.24) is 4.57 Å². The molecular formula is C27H25BrN2O6S. The van der Waals surface area contributed by atoms with E-state index in [1.165, 1.54) is 18.4 Å². The minimum Gasteiger partial charge on any atom is -0.481 e. The van der Waals surface area contributed by atoms with Gasteiger partial charge in [-0.25, -0.2) is 14.6 Å². The molecule has 0 saturated carbocycles. The smallest absolute Gasteiger partial charge is 0.343 e. The highest BCUT2D eigenvalue weighted by atomic mass is 79.9. The summed E-state index contributed by atoms with van der Waals surface area (Å²) in [5.41, 5.74) is 3.22. The molecule has 3 aromatic rings. The van der Waals surface area contributed by atoms with Crippen LogP contribution >= 0.6 is 27.3 Å². The number of allylic oxidation sites excluding steroid dienone is 1. The molecular weight excluding hydrogens is 560 g/mol. The molecule has 10 heteroatoms. The number of aryl methyl sites for hydroxylation is 1. The Balaban J connectivity index is 1.80. The number of rotatable bonds is 7. The fourth-order valence-corrected chi connectivity index (χ4v) is 5.48. The predicted octanol–water partition coefficient (Wildman–Crippen LogP) is 3.42. The van der Waals surface area contributed by atoms with Crippen LogP contribution in [-0.2, 0) is 19.1 Å². The number of aromatic nitrogens is 1. The zero-order chi connectivity index (χ0) is 26.7. The molecule has 1 aromatic heterocycles. The molecule has 0 N–H and O–H groups in total. The highest BCUT2D eigenvalue weighted by Gasteiger charge is 2.33. The first kappa shape index (κ1) is 26.6. The summed E-state index contributed by atoms with van der Waals surface area (Å²) in [5, 5.41) is 0. The number of methoxy groups -OCH3 is 1. The molecule has 2 aromatic carbocycles. The lowest BCUT2D eigenvalue weighted by Crippen LogP contribution is -2.39. The van der Waals surface area contributed by atoms with Gasteiger partial charge in [-0.1, -0.05) is 47.2 Å². The summed E-state index contributed by atoms with van der Waals surface area (Å²) in [7, 11) is 1.29. The number of carbonyl (C=O) groups excluding carboxylic acids is 2. The third-order valence-electron chi connectivity index (χ3n) is 5.74. The molecule has 0 aliphatic carbocycles. The van der Waals surface area contributed by atoms with Crippen molar-refractivity contribution >= 4 is 45.3 Å². The van der Waals surface area contributed by atoms with Crippen molar-refractivity contribution < 1.29 is 23.8 Å². The Kier molecular flexibility index (Phi) is 8.09. The highest BCUT2D eigenvalue weighted by molar-refractivity contribution is 9.10. The summed E-state index contributed by atoms with van der Waals surface area (Å²) >= 11 is 4.70. The quantitative estimate of drug-likeness (QED) is 0.395. The van der Waals surface area contributed by atoms with Crippen LogP contribution in [0.3, 0.4) is 0 Å².